The van der Waals surface area contributed by atoms with Gasteiger partial charge in [-0.15, -0.1) is 0 Å². The molecule has 0 saturated carbocycles. The summed E-state index contributed by atoms with van der Waals surface area (Å²) in [5.74, 6) is 0.538. The van der Waals surface area contributed by atoms with Gasteiger partial charge in [-0.05, 0) is 24.6 Å². The monoisotopic (exact) mass is 307 g/mol. The number of hydrogen-bond acceptors (Lipinski definition) is 5. The lowest BCUT2D eigenvalue weighted by Gasteiger charge is -2.12. The molecule has 1 aromatic heterocycles. The molecule has 0 atom stereocenters. The smallest absolute Gasteiger partial charge is 0.288 e. The van der Waals surface area contributed by atoms with Gasteiger partial charge in [0.05, 0.1) is 12.0 Å². The van der Waals surface area contributed by atoms with Crippen molar-refractivity contribution in [3.8, 4) is 5.88 Å². The lowest BCUT2D eigenvalue weighted by Crippen LogP contribution is -2.04. The molecule has 6 nitrogen and oxygen atoms in total. The van der Waals surface area contributed by atoms with Gasteiger partial charge in [-0.2, -0.15) is 0 Å². The number of ether oxygens (including phenoxy) is 1. The van der Waals surface area contributed by atoms with E-state index in [-0.39, 0.29) is 10.7 Å². The Labute approximate surface area is 126 Å². The second-order valence-electron chi connectivity index (χ2n) is 4.40. The van der Waals surface area contributed by atoms with E-state index in [1.54, 1.807) is 26.3 Å². The number of aromatic nitrogens is 1. The standard InChI is InChI=1S/C14H14ClN3O3/c1-9-6-13(18(19)20)11(15)7-12(9)17-8-10-4-3-5-16-14(10)21-2/h3-7,17H,8H2,1-2H3. The van der Waals surface area contributed by atoms with Gasteiger partial charge in [0.1, 0.15) is 5.02 Å². The van der Waals surface area contributed by atoms with Crippen LogP contribution in [-0.4, -0.2) is 17.0 Å². The fourth-order valence-corrected chi connectivity index (χ4v) is 2.16. The van der Waals surface area contributed by atoms with Crippen LogP contribution >= 0.6 is 11.6 Å². The molecule has 0 spiro atoms. The van der Waals surface area contributed by atoms with E-state index in [2.05, 4.69) is 10.3 Å². The van der Waals surface area contributed by atoms with Crippen molar-refractivity contribution in [2.75, 3.05) is 12.4 Å². The number of nitro benzene ring substituents is 1. The largest absolute Gasteiger partial charge is 0.481 e. The van der Waals surface area contributed by atoms with Crippen molar-refractivity contribution in [1.29, 1.82) is 0 Å². The molecule has 0 saturated heterocycles. The van der Waals surface area contributed by atoms with Gasteiger partial charge in [0.25, 0.3) is 5.69 Å². The van der Waals surface area contributed by atoms with Crippen LogP contribution in [0.4, 0.5) is 11.4 Å². The number of pyridine rings is 1. The van der Waals surface area contributed by atoms with E-state index < -0.39 is 4.92 Å². The third-order valence-corrected chi connectivity index (χ3v) is 3.31. The zero-order chi connectivity index (χ0) is 15.4. The Morgan fingerprint density at radius 1 is 1.48 bits per heavy atom. The van der Waals surface area contributed by atoms with Crippen molar-refractivity contribution in [2.45, 2.75) is 13.5 Å². The Bertz CT molecular complexity index is 677. The number of nitro groups is 1. The van der Waals surface area contributed by atoms with Crippen LogP contribution in [-0.2, 0) is 6.54 Å². The molecule has 0 unspecified atom stereocenters. The predicted octanol–water partition coefficient (Wildman–Crippen LogP) is 3.57. The molecule has 2 aromatic rings. The molecule has 0 bridgehead atoms. The van der Waals surface area contributed by atoms with Crippen LogP contribution in [0.3, 0.4) is 0 Å². The van der Waals surface area contributed by atoms with E-state index in [9.17, 15) is 10.1 Å². The summed E-state index contributed by atoms with van der Waals surface area (Å²) in [5.41, 5.74) is 2.26. The Morgan fingerprint density at radius 2 is 2.24 bits per heavy atom. The van der Waals surface area contributed by atoms with E-state index in [1.165, 1.54) is 6.07 Å². The first-order chi connectivity index (χ1) is 10.0. The second-order valence-corrected chi connectivity index (χ2v) is 4.81. The average molecular weight is 308 g/mol. The van der Waals surface area contributed by atoms with Crippen molar-refractivity contribution >= 4 is 23.0 Å². The number of nitrogens with zero attached hydrogens (tertiary/aromatic N) is 2. The maximum absolute atomic E-state index is 10.8. The molecular formula is C14H14ClN3O3. The summed E-state index contributed by atoms with van der Waals surface area (Å²) in [5, 5.41) is 14.1. The number of halogens is 1. The number of aryl methyl sites for hydroxylation is 1. The minimum Gasteiger partial charge on any atom is -0.481 e. The number of hydrogen-bond donors (Lipinski definition) is 1. The highest BCUT2D eigenvalue weighted by Crippen LogP contribution is 2.31. The van der Waals surface area contributed by atoms with Crippen molar-refractivity contribution in [2.24, 2.45) is 0 Å². The zero-order valence-electron chi connectivity index (χ0n) is 11.6. The Balaban J connectivity index is 2.21. The van der Waals surface area contributed by atoms with Crippen molar-refractivity contribution < 1.29 is 9.66 Å². The van der Waals surface area contributed by atoms with Crippen LogP contribution < -0.4 is 10.1 Å². The Kier molecular flexibility index (Phi) is 4.59. The summed E-state index contributed by atoms with van der Waals surface area (Å²) >= 11 is 5.92. The summed E-state index contributed by atoms with van der Waals surface area (Å²) < 4.78 is 5.17. The van der Waals surface area contributed by atoms with Crippen LogP contribution in [0.1, 0.15) is 11.1 Å². The topological polar surface area (TPSA) is 77.3 Å². The van der Waals surface area contributed by atoms with Gasteiger partial charge in [0.2, 0.25) is 5.88 Å². The Hall–Kier alpha value is -2.34. The summed E-state index contributed by atoms with van der Waals surface area (Å²) in [6.45, 7) is 2.26. The maximum Gasteiger partial charge on any atom is 0.288 e. The van der Waals surface area contributed by atoms with Gasteiger partial charge >= 0.3 is 0 Å². The van der Waals surface area contributed by atoms with Gasteiger partial charge in [-0.1, -0.05) is 17.7 Å². The highest BCUT2D eigenvalue weighted by Gasteiger charge is 2.15. The zero-order valence-corrected chi connectivity index (χ0v) is 12.3. The van der Waals surface area contributed by atoms with Gasteiger partial charge < -0.3 is 10.1 Å². The quantitative estimate of drug-likeness (QED) is 0.675. The van der Waals surface area contributed by atoms with Crippen molar-refractivity contribution in [1.82, 2.24) is 4.98 Å². The molecular weight excluding hydrogens is 294 g/mol. The van der Waals surface area contributed by atoms with Crippen molar-refractivity contribution in [3.05, 3.63) is 56.7 Å². The minimum atomic E-state index is -0.497. The van der Waals surface area contributed by atoms with Crippen LogP contribution in [0.25, 0.3) is 0 Å². The lowest BCUT2D eigenvalue weighted by molar-refractivity contribution is -0.384. The van der Waals surface area contributed by atoms with E-state index in [0.717, 1.165) is 16.8 Å². The van der Waals surface area contributed by atoms with E-state index in [4.69, 9.17) is 16.3 Å². The van der Waals surface area contributed by atoms with Gasteiger partial charge in [0.15, 0.2) is 0 Å². The molecule has 0 amide bonds. The lowest BCUT2D eigenvalue weighted by atomic mass is 10.1. The molecule has 2 rings (SSSR count). The van der Waals surface area contributed by atoms with Gasteiger partial charge in [-0.3, -0.25) is 10.1 Å². The predicted molar refractivity (Wildman–Crippen MR) is 81.0 cm³/mol. The first-order valence-corrected chi connectivity index (χ1v) is 6.57. The summed E-state index contributed by atoms with van der Waals surface area (Å²) in [6, 6.07) is 6.71. The molecule has 0 fully saturated rings. The molecule has 0 radical (unpaired) electrons. The SMILES string of the molecule is COc1ncccc1CNc1cc(Cl)c([N+](=O)[O-])cc1C. The molecule has 0 aliphatic carbocycles. The Morgan fingerprint density at radius 3 is 2.90 bits per heavy atom. The fourth-order valence-electron chi connectivity index (χ4n) is 1.93. The third kappa shape index (κ3) is 3.41. The van der Waals surface area contributed by atoms with E-state index in [1.807, 2.05) is 12.1 Å². The highest BCUT2D eigenvalue weighted by atomic mass is 35.5. The number of benzene rings is 1. The molecule has 0 aliphatic rings. The molecule has 1 aromatic carbocycles. The third-order valence-electron chi connectivity index (χ3n) is 3.00. The molecule has 21 heavy (non-hydrogen) atoms. The second kappa shape index (κ2) is 6.41. The summed E-state index contributed by atoms with van der Waals surface area (Å²) in [7, 11) is 1.56. The first-order valence-electron chi connectivity index (χ1n) is 6.19. The van der Waals surface area contributed by atoms with Crippen LogP contribution in [0, 0.1) is 17.0 Å². The number of methoxy groups -OCH3 is 1. The molecule has 7 heteroatoms. The van der Waals surface area contributed by atoms with Gasteiger partial charge in [-0.25, -0.2) is 4.98 Å². The normalized spacial score (nSPS) is 10.2. The molecule has 1 N–H and O–H groups in total. The number of rotatable bonds is 5. The fraction of sp³-hybridized carbons (Fsp3) is 0.214. The van der Waals surface area contributed by atoms with Gasteiger partial charge in [0, 0.05) is 30.1 Å². The molecule has 110 valence electrons. The number of anilines is 1. The van der Waals surface area contributed by atoms with Crippen LogP contribution in [0.15, 0.2) is 30.5 Å². The summed E-state index contributed by atoms with van der Waals surface area (Å²) in [6.07, 6.45) is 1.65. The number of nitrogens with one attached hydrogen (secondary N) is 1. The first kappa shape index (κ1) is 15.1. The molecule has 1 heterocycles. The average Bonchev–Trinajstić information content (AvgIpc) is 2.47. The van der Waals surface area contributed by atoms with Crippen molar-refractivity contribution in [3.63, 3.8) is 0 Å². The summed E-state index contributed by atoms with van der Waals surface area (Å²) in [4.78, 5) is 14.4. The van der Waals surface area contributed by atoms with Crippen LogP contribution in [0.5, 0.6) is 5.88 Å². The van der Waals surface area contributed by atoms with E-state index in [0.29, 0.717) is 12.4 Å². The minimum absolute atomic E-state index is 0.0984. The van der Waals surface area contributed by atoms with Crippen LogP contribution in [0.2, 0.25) is 5.02 Å². The van der Waals surface area contributed by atoms with E-state index >= 15 is 0 Å². The highest BCUT2D eigenvalue weighted by molar-refractivity contribution is 6.33. The maximum atomic E-state index is 10.8. The molecule has 0 aliphatic heterocycles.